The number of anilines is 1. The molecule has 0 radical (unpaired) electrons. The number of likely N-dealkylation sites (N-methyl/N-ethyl adjacent to an activating group) is 1. The summed E-state index contributed by atoms with van der Waals surface area (Å²) in [6.07, 6.45) is 1.90. The number of sulfonamides is 1. The summed E-state index contributed by atoms with van der Waals surface area (Å²) in [5.74, 6) is -0.734. The lowest BCUT2D eigenvalue weighted by Gasteiger charge is -2.31. The molecule has 2 rings (SSSR count). The second-order valence-corrected chi connectivity index (χ2v) is 9.78. The van der Waals surface area contributed by atoms with Crippen LogP contribution in [-0.2, 0) is 32.6 Å². The smallest absolute Gasteiger partial charge is 0.244 e. The summed E-state index contributed by atoms with van der Waals surface area (Å²) in [6, 6.07) is 14.0. The molecular formula is C24H33N3O4S. The van der Waals surface area contributed by atoms with E-state index in [0.29, 0.717) is 12.2 Å². The van der Waals surface area contributed by atoms with Gasteiger partial charge in [0.25, 0.3) is 0 Å². The zero-order valence-corrected chi connectivity index (χ0v) is 20.3. The Labute approximate surface area is 191 Å². The van der Waals surface area contributed by atoms with Gasteiger partial charge in [-0.25, -0.2) is 8.42 Å². The Morgan fingerprint density at radius 3 is 2.22 bits per heavy atom. The van der Waals surface area contributed by atoms with E-state index in [9.17, 15) is 18.0 Å². The molecule has 0 saturated carbocycles. The van der Waals surface area contributed by atoms with Gasteiger partial charge in [0.15, 0.2) is 0 Å². The highest BCUT2D eigenvalue weighted by Crippen LogP contribution is 2.20. The summed E-state index contributed by atoms with van der Waals surface area (Å²) in [5.41, 5.74) is 3.39. The molecule has 0 spiro atoms. The molecule has 0 bridgehead atoms. The molecule has 0 aromatic heterocycles. The van der Waals surface area contributed by atoms with Gasteiger partial charge < -0.3 is 10.2 Å². The van der Waals surface area contributed by atoms with Crippen LogP contribution in [0.25, 0.3) is 0 Å². The van der Waals surface area contributed by atoms with E-state index < -0.39 is 22.0 Å². The minimum Gasteiger partial charge on any atom is -0.355 e. The largest absolute Gasteiger partial charge is 0.355 e. The third-order valence-corrected chi connectivity index (χ3v) is 6.41. The number of carbonyl (C=O) groups is 2. The van der Waals surface area contributed by atoms with Crippen LogP contribution in [-0.4, -0.2) is 50.5 Å². The standard InChI is InChI=1S/C24H33N3O4S/c1-6-20-11-13-22(14-12-20)27(32(5,30)31)17-23(28)26(19(4)24(29)25-7-2)16-21-10-8-9-18(3)15-21/h8-15,19H,6-7,16-17H2,1-5H3,(H,25,29)/t19-/m1/s1. The highest BCUT2D eigenvalue weighted by molar-refractivity contribution is 7.92. The maximum Gasteiger partial charge on any atom is 0.244 e. The molecule has 1 N–H and O–H groups in total. The number of hydrogen-bond donors (Lipinski definition) is 1. The van der Waals surface area contributed by atoms with E-state index >= 15 is 0 Å². The fraction of sp³-hybridized carbons (Fsp3) is 0.417. The summed E-state index contributed by atoms with van der Waals surface area (Å²) < 4.78 is 26.1. The Kier molecular flexibility index (Phi) is 8.83. The maximum atomic E-state index is 13.4. The first-order valence-corrected chi connectivity index (χ1v) is 12.6. The Morgan fingerprint density at radius 2 is 1.69 bits per heavy atom. The Balaban J connectivity index is 2.37. The molecule has 0 aliphatic carbocycles. The number of aryl methyl sites for hydroxylation is 2. The molecule has 8 heteroatoms. The minimum atomic E-state index is -3.72. The van der Waals surface area contributed by atoms with Crippen LogP contribution < -0.4 is 9.62 Å². The van der Waals surface area contributed by atoms with Gasteiger partial charge in [-0.05, 0) is 50.5 Å². The van der Waals surface area contributed by atoms with Gasteiger partial charge in [-0.2, -0.15) is 0 Å². The molecule has 0 heterocycles. The molecule has 0 saturated heterocycles. The van der Waals surface area contributed by atoms with Crippen LogP contribution in [0.3, 0.4) is 0 Å². The van der Waals surface area contributed by atoms with Gasteiger partial charge in [0.2, 0.25) is 21.8 Å². The predicted octanol–water partition coefficient (Wildman–Crippen LogP) is 2.88. The van der Waals surface area contributed by atoms with Gasteiger partial charge in [-0.3, -0.25) is 13.9 Å². The Morgan fingerprint density at radius 1 is 1.03 bits per heavy atom. The van der Waals surface area contributed by atoms with Crippen LogP contribution in [0.4, 0.5) is 5.69 Å². The number of rotatable bonds is 10. The molecule has 174 valence electrons. The molecule has 0 fully saturated rings. The normalized spacial score (nSPS) is 12.2. The van der Waals surface area contributed by atoms with E-state index in [1.165, 1.54) is 4.90 Å². The average Bonchev–Trinajstić information content (AvgIpc) is 2.74. The molecular weight excluding hydrogens is 426 g/mol. The molecule has 0 aliphatic rings. The molecule has 32 heavy (non-hydrogen) atoms. The van der Waals surface area contributed by atoms with Crippen molar-refractivity contribution in [3.8, 4) is 0 Å². The van der Waals surface area contributed by atoms with Crippen molar-refractivity contribution >= 4 is 27.5 Å². The quantitative estimate of drug-likeness (QED) is 0.592. The first-order valence-electron chi connectivity index (χ1n) is 10.8. The zero-order valence-electron chi connectivity index (χ0n) is 19.5. The van der Waals surface area contributed by atoms with Crippen LogP contribution in [0.1, 0.15) is 37.5 Å². The van der Waals surface area contributed by atoms with Crippen LogP contribution in [0.15, 0.2) is 48.5 Å². The third kappa shape index (κ3) is 6.82. The van der Waals surface area contributed by atoms with Crippen molar-refractivity contribution in [1.82, 2.24) is 10.2 Å². The van der Waals surface area contributed by atoms with Crippen LogP contribution in [0.5, 0.6) is 0 Å². The summed E-state index contributed by atoms with van der Waals surface area (Å²) in [4.78, 5) is 27.3. The summed E-state index contributed by atoms with van der Waals surface area (Å²) in [6.45, 7) is 7.68. The number of benzene rings is 2. The van der Waals surface area contributed by atoms with Crippen molar-refractivity contribution in [3.63, 3.8) is 0 Å². The van der Waals surface area contributed by atoms with E-state index in [-0.39, 0.29) is 19.0 Å². The lowest BCUT2D eigenvalue weighted by atomic mass is 10.1. The highest BCUT2D eigenvalue weighted by Gasteiger charge is 2.29. The van der Waals surface area contributed by atoms with Crippen molar-refractivity contribution in [2.24, 2.45) is 0 Å². The van der Waals surface area contributed by atoms with E-state index in [4.69, 9.17) is 0 Å². The predicted molar refractivity (Wildman–Crippen MR) is 128 cm³/mol. The number of nitrogens with one attached hydrogen (secondary N) is 1. The fourth-order valence-electron chi connectivity index (χ4n) is 3.42. The number of amides is 2. The fourth-order valence-corrected chi connectivity index (χ4v) is 4.27. The number of nitrogens with zero attached hydrogens (tertiary/aromatic N) is 2. The molecule has 2 aromatic rings. The van der Waals surface area contributed by atoms with Crippen molar-refractivity contribution in [2.45, 2.75) is 46.7 Å². The molecule has 7 nitrogen and oxygen atoms in total. The lowest BCUT2D eigenvalue weighted by molar-refractivity contribution is -0.139. The third-order valence-electron chi connectivity index (χ3n) is 5.27. The molecule has 0 unspecified atom stereocenters. The highest BCUT2D eigenvalue weighted by atomic mass is 32.2. The molecule has 1 atom stereocenters. The van der Waals surface area contributed by atoms with Crippen LogP contribution >= 0.6 is 0 Å². The van der Waals surface area contributed by atoms with Crippen LogP contribution in [0.2, 0.25) is 0 Å². The Bertz CT molecular complexity index is 1040. The van der Waals surface area contributed by atoms with Crippen molar-refractivity contribution < 1.29 is 18.0 Å². The molecule has 2 aromatic carbocycles. The summed E-state index contributed by atoms with van der Waals surface area (Å²) in [5, 5.41) is 2.74. The SMILES string of the molecule is CCNC(=O)[C@@H](C)N(Cc1cccc(C)c1)C(=O)CN(c1ccc(CC)cc1)S(C)(=O)=O. The van der Waals surface area contributed by atoms with Crippen molar-refractivity contribution in [2.75, 3.05) is 23.7 Å². The second-order valence-electron chi connectivity index (χ2n) is 7.87. The summed E-state index contributed by atoms with van der Waals surface area (Å²) in [7, 11) is -3.72. The second kappa shape index (κ2) is 11.1. The van der Waals surface area contributed by atoms with Crippen molar-refractivity contribution in [3.05, 3.63) is 65.2 Å². The van der Waals surface area contributed by atoms with E-state index in [1.54, 1.807) is 19.1 Å². The van der Waals surface area contributed by atoms with Gasteiger partial charge in [0.1, 0.15) is 12.6 Å². The first kappa shape index (κ1) is 25.4. The van der Waals surface area contributed by atoms with Gasteiger partial charge in [-0.1, -0.05) is 48.9 Å². The monoisotopic (exact) mass is 459 g/mol. The Hall–Kier alpha value is -2.87. The van der Waals surface area contributed by atoms with Crippen molar-refractivity contribution in [1.29, 1.82) is 0 Å². The maximum absolute atomic E-state index is 13.4. The topological polar surface area (TPSA) is 86.8 Å². The van der Waals surface area contributed by atoms with Gasteiger partial charge in [0, 0.05) is 13.1 Å². The number of hydrogen-bond acceptors (Lipinski definition) is 4. The number of carbonyl (C=O) groups excluding carboxylic acids is 2. The minimum absolute atomic E-state index is 0.200. The van der Waals surface area contributed by atoms with E-state index in [0.717, 1.165) is 33.7 Å². The van der Waals surface area contributed by atoms with Gasteiger partial charge in [-0.15, -0.1) is 0 Å². The molecule has 2 amide bonds. The molecule has 0 aliphatic heterocycles. The van der Waals surface area contributed by atoms with Gasteiger partial charge >= 0.3 is 0 Å². The van der Waals surface area contributed by atoms with Gasteiger partial charge in [0.05, 0.1) is 11.9 Å². The lowest BCUT2D eigenvalue weighted by Crippen LogP contribution is -2.51. The van der Waals surface area contributed by atoms with E-state index in [2.05, 4.69) is 5.32 Å². The zero-order chi connectivity index (χ0) is 23.9. The van der Waals surface area contributed by atoms with E-state index in [1.807, 2.05) is 57.2 Å². The average molecular weight is 460 g/mol. The summed E-state index contributed by atoms with van der Waals surface area (Å²) >= 11 is 0. The van der Waals surface area contributed by atoms with Crippen LogP contribution in [0, 0.1) is 6.92 Å². The first-order chi connectivity index (χ1) is 15.1.